The second-order valence-electron chi connectivity index (χ2n) is 13.7. The van der Waals surface area contributed by atoms with Crippen LogP contribution in [0.2, 0.25) is 0 Å². The Morgan fingerprint density at radius 2 is 1.22 bits per heavy atom. The van der Waals surface area contributed by atoms with Crippen molar-refractivity contribution in [2.45, 2.75) is 6.17 Å². The molecule has 1 aliphatic rings. The number of amidine groups is 2. The van der Waals surface area contributed by atoms with Gasteiger partial charge in [-0.3, -0.25) is 0 Å². The van der Waals surface area contributed by atoms with Crippen molar-refractivity contribution >= 4 is 86.7 Å². The van der Waals surface area contributed by atoms with Crippen molar-refractivity contribution in [2.24, 2.45) is 9.98 Å². The lowest BCUT2D eigenvalue weighted by Crippen LogP contribution is -2.33. The van der Waals surface area contributed by atoms with Crippen LogP contribution in [0.25, 0.3) is 74.8 Å². The zero-order valence-electron chi connectivity index (χ0n) is 28.7. The average molecular weight is 709 g/mol. The third kappa shape index (κ3) is 4.83. The number of fused-ring (bicyclic) bond motifs is 11. The largest absolute Gasteiger partial charge is 0.455 e. The third-order valence-corrected chi connectivity index (χ3v) is 11.7. The van der Waals surface area contributed by atoms with E-state index in [9.17, 15) is 5.26 Å². The Hall–Kier alpha value is -7.07. The first-order valence-corrected chi connectivity index (χ1v) is 18.7. The smallest absolute Gasteiger partial charge is 0.159 e. The number of rotatable bonds is 4. The van der Waals surface area contributed by atoms with E-state index in [-0.39, 0.29) is 6.17 Å². The van der Waals surface area contributed by atoms with E-state index < -0.39 is 0 Å². The van der Waals surface area contributed by atoms with Crippen molar-refractivity contribution in [2.75, 3.05) is 0 Å². The number of aliphatic imine (C=N–C) groups is 2. The highest BCUT2D eigenvalue weighted by atomic mass is 32.1. The minimum absolute atomic E-state index is 0.314. The Bertz CT molecular complexity index is 3260. The summed E-state index contributed by atoms with van der Waals surface area (Å²) < 4.78 is 9.22. The molecule has 0 radical (unpaired) electrons. The summed E-state index contributed by atoms with van der Waals surface area (Å²) >= 11 is 1.81. The molecule has 1 N–H and O–H groups in total. The molecule has 54 heavy (non-hydrogen) atoms. The van der Waals surface area contributed by atoms with Gasteiger partial charge in [0.1, 0.15) is 23.2 Å². The highest BCUT2D eigenvalue weighted by Gasteiger charge is 2.23. The number of hydrogen-bond acceptors (Lipinski definition) is 6. The standard InChI is InChI=1S/C48H28N4OS/c49-27-28-14-16-29(17-15-28)31-18-21-34-35-22-19-32(25-40(35)45-44(39(34)24-31)38-11-4-6-12-41(38)53-45)47-50-46(30-8-2-1-3-9-30)51-48(52-47)33-20-23-37-36-10-5-7-13-42(36)54-43(37)26-33/h1-26,46H,(H,50,51,52). The maximum absolute atomic E-state index is 9.35. The minimum atomic E-state index is -0.314. The first-order chi connectivity index (χ1) is 26.7. The molecule has 0 saturated carbocycles. The van der Waals surface area contributed by atoms with E-state index in [1.165, 1.54) is 20.2 Å². The summed E-state index contributed by atoms with van der Waals surface area (Å²) in [5.74, 6) is 1.45. The highest BCUT2D eigenvalue weighted by molar-refractivity contribution is 7.25. The van der Waals surface area contributed by atoms with Crippen molar-refractivity contribution in [1.82, 2.24) is 5.32 Å². The first-order valence-electron chi connectivity index (χ1n) is 17.9. The highest BCUT2D eigenvalue weighted by Crippen LogP contribution is 2.43. The molecule has 3 heterocycles. The van der Waals surface area contributed by atoms with Crippen molar-refractivity contribution in [3.05, 3.63) is 180 Å². The number of nitrogens with zero attached hydrogens (tertiary/aromatic N) is 3. The summed E-state index contributed by atoms with van der Waals surface area (Å²) in [6.45, 7) is 0. The number of hydrogen-bond donors (Lipinski definition) is 1. The van der Waals surface area contributed by atoms with Crippen LogP contribution in [0.5, 0.6) is 0 Å². The number of nitrogens with one attached hydrogen (secondary N) is 1. The molecule has 10 aromatic rings. The van der Waals surface area contributed by atoms with Crippen LogP contribution in [0.15, 0.2) is 172 Å². The fourth-order valence-electron chi connectivity index (χ4n) is 7.92. The van der Waals surface area contributed by atoms with Gasteiger partial charge in [0.25, 0.3) is 0 Å². The molecule has 0 spiro atoms. The SMILES string of the molecule is N#Cc1ccc(-c2ccc3c4ccc(C5=NC(c6ccccc6)NC(c6ccc7c(c6)sc6ccccc67)=N5)cc4c4oc5ccccc5c4c3c2)cc1. The summed E-state index contributed by atoms with van der Waals surface area (Å²) in [6, 6.07) is 56.9. The van der Waals surface area contributed by atoms with Gasteiger partial charge in [0, 0.05) is 47.5 Å². The molecular weight excluding hydrogens is 681 g/mol. The van der Waals surface area contributed by atoms with Crippen molar-refractivity contribution in [1.29, 1.82) is 5.26 Å². The van der Waals surface area contributed by atoms with Crippen LogP contribution in [-0.2, 0) is 0 Å². The lowest BCUT2D eigenvalue weighted by atomic mass is 9.92. The van der Waals surface area contributed by atoms with Gasteiger partial charge in [0.05, 0.1) is 11.6 Å². The Morgan fingerprint density at radius 3 is 2.07 bits per heavy atom. The van der Waals surface area contributed by atoms with E-state index in [2.05, 4.69) is 115 Å². The van der Waals surface area contributed by atoms with Crippen LogP contribution in [0.4, 0.5) is 0 Å². The second kappa shape index (κ2) is 12.0. The van der Waals surface area contributed by atoms with E-state index >= 15 is 0 Å². The van der Waals surface area contributed by atoms with E-state index in [0.717, 1.165) is 77.1 Å². The van der Waals surface area contributed by atoms with Gasteiger partial charge in [-0.1, -0.05) is 115 Å². The molecule has 0 aliphatic carbocycles. The molecule has 0 amide bonds. The van der Waals surface area contributed by atoms with Crippen LogP contribution in [0.1, 0.15) is 28.4 Å². The maximum Gasteiger partial charge on any atom is 0.159 e. The zero-order valence-corrected chi connectivity index (χ0v) is 29.6. The van der Waals surface area contributed by atoms with Gasteiger partial charge < -0.3 is 9.73 Å². The molecule has 11 rings (SSSR count). The van der Waals surface area contributed by atoms with Gasteiger partial charge in [0.15, 0.2) is 5.84 Å². The van der Waals surface area contributed by atoms with Gasteiger partial charge >= 0.3 is 0 Å². The molecule has 1 aliphatic heterocycles. The average Bonchev–Trinajstić information content (AvgIpc) is 3.82. The Morgan fingerprint density at radius 1 is 0.556 bits per heavy atom. The van der Waals surface area contributed by atoms with Gasteiger partial charge in [-0.2, -0.15) is 5.26 Å². The number of benzene rings is 8. The molecule has 0 fully saturated rings. The predicted molar refractivity (Wildman–Crippen MR) is 224 cm³/mol. The first kappa shape index (κ1) is 30.5. The molecule has 0 saturated heterocycles. The summed E-state index contributed by atoms with van der Waals surface area (Å²) in [5.41, 5.74) is 7.47. The summed E-state index contributed by atoms with van der Waals surface area (Å²) in [4.78, 5) is 10.4. The fraction of sp³-hybridized carbons (Fsp3) is 0.0208. The lowest BCUT2D eigenvalue weighted by molar-refractivity contribution is 0.672. The van der Waals surface area contributed by atoms with E-state index in [0.29, 0.717) is 11.4 Å². The number of nitriles is 1. The van der Waals surface area contributed by atoms with Crippen LogP contribution in [-0.4, -0.2) is 11.7 Å². The van der Waals surface area contributed by atoms with E-state index in [4.69, 9.17) is 14.4 Å². The van der Waals surface area contributed by atoms with Crippen LogP contribution in [0.3, 0.4) is 0 Å². The van der Waals surface area contributed by atoms with Crippen LogP contribution < -0.4 is 5.32 Å². The summed E-state index contributed by atoms with van der Waals surface area (Å²) in [7, 11) is 0. The molecule has 5 nitrogen and oxygen atoms in total. The number of furan rings is 1. The van der Waals surface area contributed by atoms with Gasteiger partial charge in [-0.15, -0.1) is 11.3 Å². The maximum atomic E-state index is 9.35. The van der Waals surface area contributed by atoms with Gasteiger partial charge in [0.2, 0.25) is 0 Å². The monoisotopic (exact) mass is 708 g/mol. The Balaban J connectivity index is 1.11. The van der Waals surface area contributed by atoms with E-state index in [1.807, 2.05) is 54.6 Å². The molecule has 2 aromatic heterocycles. The summed E-state index contributed by atoms with van der Waals surface area (Å²) in [6.07, 6.45) is -0.314. The zero-order chi connectivity index (χ0) is 35.8. The quantitative estimate of drug-likeness (QED) is 0.185. The molecule has 1 atom stereocenters. The van der Waals surface area contributed by atoms with Crippen LogP contribution in [0, 0.1) is 11.3 Å². The molecule has 8 aromatic carbocycles. The second-order valence-corrected chi connectivity index (χ2v) is 14.8. The fourth-order valence-corrected chi connectivity index (χ4v) is 9.06. The topological polar surface area (TPSA) is 73.7 Å². The molecule has 6 heteroatoms. The number of para-hydroxylation sites is 1. The Labute approximate surface area is 313 Å². The molecular formula is C48H28N4OS. The number of thiophene rings is 1. The lowest BCUT2D eigenvalue weighted by Gasteiger charge is -2.24. The summed E-state index contributed by atoms with van der Waals surface area (Å²) in [5, 5.41) is 22.1. The minimum Gasteiger partial charge on any atom is -0.455 e. The van der Waals surface area contributed by atoms with Crippen molar-refractivity contribution in [3.63, 3.8) is 0 Å². The normalized spacial score (nSPS) is 14.5. The van der Waals surface area contributed by atoms with Gasteiger partial charge in [-0.25, -0.2) is 9.98 Å². The van der Waals surface area contributed by atoms with Crippen molar-refractivity contribution in [3.8, 4) is 17.2 Å². The van der Waals surface area contributed by atoms with Crippen molar-refractivity contribution < 1.29 is 4.42 Å². The molecule has 0 bridgehead atoms. The van der Waals surface area contributed by atoms with Gasteiger partial charge in [-0.05, 0) is 75.3 Å². The third-order valence-electron chi connectivity index (χ3n) is 10.6. The van der Waals surface area contributed by atoms with E-state index in [1.54, 1.807) is 11.3 Å². The molecule has 1 unspecified atom stereocenters. The van der Waals surface area contributed by atoms with Crippen LogP contribution >= 0.6 is 11.3 Å². The predicted octanol–water partition coefficient (Wildman–Crippen LogP) is 12.3. The Kier molecular flexibility index (Phi) is 6.78. The molecule has 252 valence electrons.